The summed E-state index contributed by atoms with van der Waals surface area (Å²) in [5.41, 5.74) is 1.10. The molecule has 1 atom stereocenters. The molecule has 0 spiro atoms. The maximum absolute atomic E-state index is 6.22. The quantitative estimate of drug-likeness (QED) is 0.839. The molecule has 5 heteroatoms. The van der Waals surface area contributed by atoms with Gasteiger partial charge < -0.3 is 14.8 Å². The van der Waals surface area contributed by atoms with Gasteiger partial charge in [0.05, 0.1) is 19.2 Å². The van der Waals surface area contributed by atoms with Crippen LogP contribution in [0.5, 0.6) is 11.5 Å². The minimum absolute atomic E-state index is 0.572. The van der Waals surface area contributed by atoms with E-state index in [1.54, 1.807) is 14.2 Å². The van der Waals surface area contributed by atoms with E-state index in [1.165, 1.54) is 25.9 Å². The molecule has 1 unspecified atom stereocenters. The molecule has 0 radical (unpaired) electrons. The molecular formula is C16H25ClN2O2. The van der Waals surface area contributed by atoms with Crippen LogP contribution in [0.15, 0.2) is 12.1 Å². The fourth-order valence-electron chi connectivity index (χ4n) is 2.81. The molecule has 0 bridgehead atoms. The van der Waals surface area contributed by atoms with Crippen molar-refractivity contribution >= 4 is 11.6 Å². The Morgan fingerprint density at radius 3 is 2.57 bits per heavy atom. The number of hydrogen-bond acceptors (Lipinski definition) is 4. The Morgan fingerprint density at radius 1 is 1.24 bits per heavy atom. The van der Waals surface area contributed by atoms with E-state index < -0.39 is 0 Å². The third-order valence-electron chi connectivity index (χ3n) is 4.03. The molecule has 2 rings (SSSR count). The Morgan fingerprint density at radius 2 is 1.95 bits per heavy atom. The first-order chi connectivity index (χ1) is 10.2. The van der Waals surface area contributed by atoms with Crippen molar-refractivity contribution in [1.29, 1.82) is 0 Å². The van der Waals surface area contributed by atoms with Gasteiger partial charge in [-0.2, -0.15) is 0 Å². The number of hydrogen-bond donors (Lipinski definition) is 1. The Kier molecular flexibility index (Phi) is 6.15. The Bertz CT molecular complexity index is 462. The van der Waals surface area contributed by atoms with Crippen molar-refractivity contribution in [2.45, 2.75) is 32.4 Å². The van der Waals surface area contributed by atoms with Crippen LogP contribution in [0.25, 0.3) is 0 Å². The van der Waals surface area contributed by atoms with Gasteiger partial charge in [-0.3, -0.25) is 4.90 Å². The molecule has 0 aromatic heterocycles. The third kappa shape index (κ3) is 4.25. The van der Waals surface area contributed by atoms with Crippen LogP contribution >= 0.6 is 11.6 Å². The molecule has 1 aromatic rings. The van der Waals surface area contributed by atoms with Gasteiger partial charge in [-0.15, -0.1) is 0 Å². The lowest BCUT2D eigenvalue weighted by Crippen LogP contribution is -2.38. The van der Waals surface area contributed by atoms with Crippen molar-refractivity contribution < 1.29 is 9.47 Å². The Hall–Kier alpha value is -0.970. The van der Waals surface area contributed by atoms with Crippen LogP contribution in [0.2, 0.25) is 5.02 Å². The molecule has 0 saturated carbocycles. The fraction of sp³-hybridized carbons (Fsp3) is 0.625. The average Bonchev–Trinajstić information content (AvgIpc) is 3.00. The van der Waals surface area contributed by atoms with E-state index in [2.05, 4.69) is 17.1 Å². The second-order valence-electron chi connectivity index (χ2n) is 5.54. The molecule has 0 amide bonds. The molecule has 1 aromatic carbocycles. The minimum atomic E-state index is 0.572. The second-order valence-corrected chi connectivity index (χ2v) is 5.94. The Labute approximate surface area is 132 Å². The van der Waals surface area contributed by atoms with Crippen molar-refractivity contribution in [3.8, 4) is 11.5 Å². The summed E-state index contributed by atoms with van der Waals surface area (Å²) in [6.07, 6.45) is 2.66. The molecule has 0 aliphatic carbocycles. The third-order valence-corrected chi connectivity index (χ3v) is 4.31. The van der Waals surface area contributed by atoms with Gasteiger partial charge in [-0.05, 0) is 50.6 Å². The summed E-state index contributed by atoms with van der Waals surface area (Å²) in [5, 5.41) is 4.08. The van der Waals surface area contributed by atoms with E-state index in [0.717, 1.165) is 18.7 Å². The predicted octanol–water partition coefficient (Wildman–Crippen LogP) is 2.93. The van der Waals surface area contributed by atoms with Crippen LogP contribution in [0, 0.1) is 0 Å². The zero-order chi connectivity index (χ0) is 15.2. The van der Waals surface area contributed by atoms with E-state index in [0.29, 0.717) is 22.6 Å². The highest BCUT2D eigenvalue weighted by Gasteiger charge is 2.17. The highest BCUT2D eigenvalue weighted by molar-refractivity contribution is 6.32. The maximum Gasteiger partial charge on any atom is 0.179 e. The van der Waals surface area contributed by atoms with Gasteiger partial charge >= 0.3 is 0 Å². The SMILES string of the molecule is COc1cc(CNCC(C)N2CCCC2)cc(Cl)c1OC. The molecule has 1 aliphatic rings. The topological polar surface area (TPSA) is 33.7 Å². The normalized spacial score (nSPS) is 17.0. The number of ether oxygens (including phenoxy) is 2. The molecule has 1 fully saturated rings. The maximum atomic E-state index is 6.22. The standard InChI is InChI=1S/C16H25ClN2O2/c1-12(19-6-4-5-7-19)10-18-11-13-8-14(17)16(21-3)15(9-13)20-2/h8-9,12,18H,4-7,10-11H2,1-3H3. The highest BCUT2D eigenvalue weighted by Crippen LogP contribution is 2.35. The number of rotatable bonds is 7. The predicted molar refractivity (Wildman–Crippen MR) is 86.5 cm³/mol. The van der Waals surface area contributed by atoms with Crippen LogP contribution in [0.4, 0.5) is 0 Å². The average molecular weight is 313 g/mol. The van der Waals surface area contributed by atoms with Crippen molar-refractivity contribution in [2.24, 2.45) is 0 Å². The van der Waals surface area contributed by atoms with Crippen molar-refractivity contribution in [2.75, 3.05) is 33.9 Å². The van der Waals surface area contributed by atoms with Gasteiger partial charge in [0.2, 0.25) is 0 Å². The summed E-state index contributed by atoms with van der Waals surface area (Å²) in [4.78, 5) is 2.54. The van der Waals surface area contributed by atoms with E-state index in [9.17, 15) is 0 Å². The monoisotopic (exact) mass is 312 g/mol. The molecule has 4 nitrogen and oxygen atoms in total. The lowest BCUT2D eigenvalue weighted by molar-refractivity contribution is 0.251. The van der Waals surface area contributed by atoms with Crippen molar-refractivity contribution in [3.63, 3.8) is 0 Å². The van der Waals surface area contributed by atoms with Crippen LogP contribution < -0.4 is 14.8 Å². The summed E-state index contributed by atoms with van der Waals surface area (Å²) < 4.78 is 10.6. The fourth-order valence-corrected chi connectivity index (χ4v) is 3.12. The molecule has 21 heavy (non-hydrogen) atoms. The zero-order valence-electron chi connectivity index (χ0n) is 13.1. The van der Waals surface area contributed by atoms with E-state index in [-0.39, 0.29) is 0 Å². The Balaban J connectivity index is 1.89. The summed E-state index contributed by atoms with van der Waals surface area (Å²) in [6.45, 7) is 6.49. The van der Waals surface area contributed by atoms with Gasteiger partial charge in [-0.25, -0.2) is 0 Å². The van der Waals surface area contributed by atoms with Crippen LogP contribution in [-0.2, 0) is 6.54 Å². The first kappa shape index (κ1) is 16.4. The van der Waals surface area contributed by atoms with Gasteiger partial charge in [0.25, 0.3) is 0 Å². The van der Waals surface area contributed by atoms with E-state index in [4.69, 9.17) is 21.1 Å². The molecule has 1 heterocycles. The highest BCUT2D eigenvalue weighted by atomic mass is 35.5. The lowest BCUT2D eigenvalue weighted by atomic mass is 10.2. The number of benzene rings is 1. The summed E-state index contributed by atoms with van der Waals surface area (Å²) >= 11 is 6.22. The van der Waals surface area contributed by atoms with Crippen LogP contribution in [0.1, 0.15) is 25.3 Å². The molecule has 1 saturated heterocycles. The zero-order valence-corrected chi connectivity index (χ0v) is 13.9. The first-order valence-electron chi connectivity index (χ1n) is 7.51. The van der Waals surface area contributed by atoms with Gasteiger partial charge in [0.1, 0.15) is 0 Å². The smallest absolute Gasteiger partial charge is 0.179 e. The van der Waals surface area contributed by atoms with Crippen molar-refractivity contribution in [3.05, 3.63) is 22.7 Å². The van der Waals surface area contributed by atoms with Gasteiger partial charge in [0, 0.05) is 19.1 Å². The van der Waals surface area contributed by atoms with Gasteiger partial charge in [-0.1, -0.05) is 11.6 Å². The second kappa shape index (κ2) is 7.87. The number of likely N-dealkylation sites (tertiary alicyclic amines) is 1. The van der Waals surface area contributed by atoms with Gasteiger partial charge in [0.15, 0.2) is 11.5 Å². The molecular weight excluding hydrogens is 288 g/mol. The molecule has 1 N–H and O–H groups in total. The van der Waals surface area contributed by atoms with E-state index in [1.807, 2.05) is 12.1 Å². The molecule has 118 valence electrons. The van der Waals surface area contributed by atoms with Crippen LogP contribution in [-0.4, -0.2) is 44.8 Å². The molecule has 1 aliphatic heterocycles. The lowest BCUT2D eigenvalue weighted by Gasteiger charge is -2.24. The number of nitrogens with zero attached hydrogens (tertiary/aromatic N) is 1. The van der Waals surface area contributed by atoms with Crippen molar-refractivity contribution in [1.82, 2.24) is 10.2 Å². The number of halogens is 1. The van der Waals surface area contributed by atoms with Crippen LogP contribution in [0.3, 0.4) is 0 Å². The summed E-state index contributed by atoms with van der Waals surface area (Å²) in [7, 11) is 3.22. The first-order valence-corrected chi connectivity index (χ1v) is 7.88. The number of nitrogens with one attached hydrogen (secondary N) is 1. The number of methoxy groups -OCH3 is 2. The minimum Gasteiger partial charge on any atom is -0.493 e. The van der Waals surface area contributed by atoms with E-state index >= 15 is 0 Å². The summed E-state index contributed by atoms with van der Waals surface area (Å²) in [5.74, 6) is 1.27. The largest absolute Gasteiger partial charge is 0.493 e. The summed E-state index contributed by atoms with van der Waals surface area (Å²) in [6, 6.07) is 4.47.